The van der Waals surface area contributed by atoms with Crippen LogP contribution in [0.1, 0.15) is 22.8 Å². The lowest BCUT2D eigenvalue weighted by molar-refractivity contribution is -0.138. The van der Waals surface area contributed by atoms with Crippen LogP contribution in [0.2, 0.25) is 0 Å². The summed E-state index contributed by atoms with van der Waals surface area (Å²) in [7, 11) is 0. The van der Waals surface area contributed by atoms with Crippen molar-refractivity contribution in [2.75, 3.05) is 0 Å². The average Bonchev–Trinajstić information content (AvgIpc) is 3.10. The Kier molecular flexibility index (Phi) is 3.61. The largest absolute Gasteiger partial charge is 0.416 e. The van der Waals surface area contributed by atoms with Crippen molar-refractivity contribution >= 4 is 0 Å². The number of nitrogens with zero attached hydrogens (tertiary/aromatic N) is 3. The Hall–Kier alpha value is -2.67. The first-order valence-electron chi connectivity index (χ1n) is 7.72. The van der Waals surface area contributed by atoms with E-state index in [-0.39, 0.29) is 12.1 Å². The maximum absolute atomic E-state index is 13.4. The molecule has 1 aliphatic rings. The van der Waals surface area contributed by atoms with Crippen LogP contribution in [0.15, 0.2) is 67.3 Å². The second-order valence-corrected chi connectivity index (χ2v) is 5.93. The van der Waals surface area contributed by atoms with Crippen LogP contribution in [0, 0.1) is 0 Å². The maximum atomic E-state index is 13.4. The van der Waals surface area contributed by atoms with Crippen LogP contribution in [0.4, 0.5) is 13.2 Å². The van der Waals surface area contributed by atoms with E-state index in [1.54, 1.807) is 10.7 Å². The highest BCUT2D eigenvalue weighted by Gasteiger charge is 2.60. The second kappa shape index (κ2) is 5.70. The molecule has 4 nitrogen and oxygen atoms in total. The first kappa shape index (κ1) is 15.8. The van der Waals surface area contributed by atoms with Crippen molar-refractivity contribution in [2.24, 2.45) is 0 Å². The van der Waals surface area contributed by atoms with Crippen molar-refractivity contribution in [3.63, 3.8) is 0 Å². The van der Waals surface area contributed by atoms with Crippen LogP contribution in [0.5, 0.6) is 0 Å². The summed E-state index contributed by atoms with van der Waals surface area (Å²) in [4.78, 5) is 3.90. The summed E-state index contributed by atoms with van der Waals surface area (Å²) in [6, 6.07) is 14.8. The second-order valence-electron chi connectivity index (χ2n) is 5.93. The molecule has 0 bridgehead atoms. The molecule has 4 rings (SSSR count). The average molecular weight is 345 g/mol. The van der Waals surface area contributed by atoms with Crippen LogP contribution in [-0.2, 0) is 23.1 Å². The Morgan fingerprint density at radius 3 is 2.44 bits per heavy atom. The first-order chi connectivity index (χ1) is 12.0. The van der Waals surface area contributed by atoms with Gasteiger partial charge in [-0.05, 0) is 17.2 Å². The fourth-order valence-electron chi connectivity index (χ4n) is 3.18. The summed E-state index contributed by atoms with van der Waals surface area (Å²) >= 11 is 0. The summed E-state index contributed by atoms with van der Waals surface area (Å²) in [5, 5.41) is 4.07. The molecular formula is C18H14F3N3O. The van der Waals surface area contributed by atoms with Gasteiger partial charge in [0, 0.05) is 0 Å². The first-order valence-corrected chi connectivity index (χ1v) is 7.72. The standard InChI is InChI=1S/C18H14F3N3O/c19-18(20,21)15-9-5-4-8-14(15)16-17(25-16,10-24-12-22-11-23-24)13-6-2-1-3-7-13/h1-9,11-12,16H,10H2/t16-,17+/m0/s1. The molecular weight excluding hydrogens is 331 g/mol. The van der Waals surface area contributed by atoms with Crippen molar-refractivity contribution in [2.45, 2.75) is 24.4 Å². The van der Waals surface area contributed by atoms with Gasteiger partial charge >= 0.3 is 6.18 Å². The molecule has 0 unspecified atom stereocenters. The van der Waals surface area contributed by atoms with Gasteiger partial charge in [0.15, 0.2) is 0 Å². The Labute approximate surface area is 141 Å². The zero-order valence-electron chi connectivity index (χ0n) is 13.0. The van der Waals surface area contributed by atoms with Crippen molar-refractivity contribution in [3.05, 3.63) is 83.9 Å². The molecule has 0 saturated carbocycles. The van der Waals surface area contributed by atoms with E-state index >= 15 is 0 Å². The fourth-order valence-corrected chi connectivity index (χ4v) is 3.18. The van der Waals surface area contributed by atoms with Crippen molar-refractivity contribution < 1.29 is 17.9 Å². The Bertz CT molecular complexity index is 865. The highest BCUT2D eigenvalue weighted by Crippen LogP contribution is 2.59. The van der Waals surface area contributed by atoms with Gasteiger partial charge in [-0.15, -0.1) is 0 Å². The van der Waals surface area contributed by atoms with Crippen LogP contribution in [0.25, 0.3) is 0 Å². The summed E-state index contributed by atoms with van der Waals surface area (Å²) in [6.45, 7) is 0.286. The Morgan fingerprint density at radius 2 is 1.76 bits per heavy atom. The molecule has 1 aliphatic heterocycles. The van der Waals surface area contributed by atoms with E-state index < -0.39 is 23.4 Å². The number of halogens is 3. The van der Waals surface area contributed by atoms with Gasteiger partial charge in [0.1, 0.15) is 24.4 Å². The van der Waals surface area contributed by atoms with Gasteiger partial charge in [0.25, 0.3) is 0 Å². The van der Waals surface area contributed by atoms with E-state index in [4.69, 9.17) is 4.74 Å². The third-order valence-corrected chi connectivity index (χ3v) is 4.37. The number of aromatic nitrogens is 3. The topological polar surface area (TPSA) is 43.2 Å². The van der Waals surface area contributed by atoms with Gasteiger partial charge in [-0.1, -0.05) is 48.5 Å². The van der Waals surface area contributed by atoms with Crippen molar-refractivity contribution in [1.82, 2.24) is 14.8 Å². The van der Waals surface area contributed by atoms with E-state index in [0.717, 1.165) is 11.6 Å². The van der Waals surface area contributed by atoms with Crippen molar-refractivity contribution in [3.8, 4) is 0 Å². The third-order valence-electron chi connectivity index (χ3n) is 4.37. The lowest BCUT2D eigenvalue weighted by Crippen LogP contribution is -2.20. The predicted octanol–water partition coefficient (Wildman–Crippen LogP) is 3.96. The predicted molar refractivity (Wildman–Crippen MR) is 83.4 cm³/mol. The van der Waals surface area contributed by atoms with E-state index in [1.165, 1.54) is 24.8 Å². The normalized spacial score (nSPS) is 22.8. The zero-order chi connectivity index (χ0) is 17.5. The summed E-state index contributed by atoms with van der Waals surface area (Å²) in [5.41, 5.74) is -0.612. The number of hydrogen-bond donors (Lipinski definition) is 0. The number of epoxide rings is 1. The van der Waals surface area contributed by atoms with Gasteiger partial charge in [-0.2, -0.15) is 18.3 Å². The molecule has 0 radical (unpaired) electrons. The van der Waals surface area contributed by atoms with E-state index in [9.17, 15) is 13.2 Å². The Morgan fingerprint density at radius 1 is 1.04 bits per heavy atom. The molecule has 0 spiro atoms. The Balaban J connectivity index is 1.77. The fraction of sp³-hybridized carbons (Fsp3) is 0.222. The SMILES string of the molecule is FC(F)(F)c1ccccc1[C@@H]1O[C@]1(Cn1cncn1)c1ccccc1. The highest BCUT2D eigenvalue weighted by atomic mass is 19.4. The van der Waals surface area contributed by atoms with Gasteiger partial charge < -0.3 is 4.74 Å². The molecule has 1 saturated heterocycles. The number of rotatable bonds is 4. The number of hydrogen-bond acceptors (Lipinski definition) is 3. The van der Waals surface area contributed by atoms with Crippen molar-refractivity contribution in [1.29, 1.82) is 0 Å². The summed E-state index contributed by atoms with van der Waals surface area (Å²) in [6.07, 6.45) is -2.21. The van der Waals surface area contributed by atoms with E-state index in [2.05, 4.69) is 10.1 Å². The van der Waals surface area contributed by atoms with Crippen LogP contribution in [0.3, 0.4) is 0 Å². The van der Waals surface area contributed by atoms with Crippen LogP contribution in [-0.4, -0.2) is 14.8 Å². The van der Waals surface area contributed by atoms with Gasteiger partial charge in [-0.25, -0.2) is 9.67 Å². The molecule has 2 atom stereocenters. The lowest BCUT2D eigenvalue weighted by atomic mass is 9.89. The minimum atomic E-state index is -4.43. The molecule has 0 aliphatic carbocycles. The number of benzene rings is 2. The van der Waals surface area contributed by atoms with Crippen LogP contribution < -0.4 is 0 Å². The number of alkyl halides is 3. The molecule has 1 aromatic heterocycles. The molecule has 0 N–H and O–H groups in total. The lowest BCUT2D eigenvalue weighted by Gasteiger charge is -2.16. The molecule has 7 heteroatoms. The monoisotopic (exact) mass is 345 g/mol. The van der Waals surface area contributed by atoms with Crippen LogP contribution >= 0.6 is 0 Å². The van der Waals surface area contributed by atoms with E-state index in [1.807, 2.05) is 30.3 Å². The summed E-state index contributed by atoms with van der Waals surface area (Å²) in [5.74, 6) is 0. The molecule has 3 aromatic rings. The minimum absolute atomic E-state index is 0.138. The summed E-state index contributed by atoms with van der Waals surface area (Å²) < 4.78 is 47.6. The molecule has 128 valence electrons. The minimum Gasteiger partial charge on any atom is -0.354 e. The maximum Gasteiger partial charge on any atom is 0.416 e. The highest BCUT2D eigenvalue weighted by molar-refractivity contribution is 5.41. The quantitative estimate of drug-likeness (QED) is 0.672. The molecule has 2 aromatic carbocycles. The third kappa shape index (κ3) is 2.80. The van der Waals surface area contributed by atoms with Gasteiger partial charge in [0.2, 0.25) is 0 Å². The molecule has 0 amide bonds. The van der Waals surface area contributed by atoms with Gasteiger partial charge in [-0.3, -0.25) is 0 Å². The zero-order valence-corrected chi connectivity index (χ0v) is 13.0. The molecule has 1 fully saturated rings. The smallest absolute Gasteiger partial charge is 0.354 e. The number of ether oxygens (including phenoxy) is 1. The molecule has 2 heterocycles. The van der Waals surface area contributed by atoms with Gasteiger partial charge in [0.05, 0.1) is 12.1 Å². The van der Waals surface area contributed by atoms with E-state index in [0.29, 0.717) is 0 Å². The molecule has 25 heavy (non-hydrogen) atoms.